The molecule has 3 aromatic carbocycles. The van der Waals surface area contributed by atoms with E-state index >= 15 is 0 Å². The highest BCUT2D eigenvalue weighted by Crippen LogP contribution is 2.38. The summed E-state index contributed by atoms with van der Waals surface area (Å²) in [6.45, 7) is 0.714. The lowest BCUT2D eigenvalue weighted by molar-refractivity contribution is 0.101. The average molecular weight is 313 g/mol. The molecule has 1 heterocycles. The predicted molar refractivity (Wildman–Crippen MR) is 95.7 cm³/mol. The van der Waals surface area contributed by atoms with Crippen LogP contribution in [0.1, 0.15) is 34.5 Å². The molecule has 5 rings (SSSR count). The van der Waals surface area contributed by atoms with Gasteiger partial charge in [-0.1, -0.05) is 72.8 Å². The van der Waals surface area contributed by atoms with E-state index in [1.54, 1.807) is 0 Å². The number of benzene rings is 3. The molecule has 0 saturated carbocycles. The van der Waals surface area contributed by atoms with Gasteiger partial charge >= 0.3 is 0 Å². The zero-order chi connectivity index (χ0) is 15.9. The first-order chi connectivity index (χ1) is 11.9. The van der Waals surface area contributed by atoms with E-state index in [1.165, 1.54) is 33.4 Å². The van der Waals surface area contributed by atoms with Crippen molar-refractivity contribution in [1.29, 1.82) is 0 Å². The van der Waals surface area contributed by atoms with Crippen LogP contribution >= 0.6 is 0 Å². The van der Waals surface area contributed by atoms with Crippen LogP contribution in [-0.4, -0.2) is 6.61 Å². The second kappa shape index (κ2) is 5.59. The van der Waals surface area contributed by atoms with E-state index in [2.05, 4.69) is 78.1 Å². The van der Waals surface area contributed by atoms with Crippen LogP contribution in [0.4, 0.5) is 0 Å². The van der Waals surface area contributed by atoms with Crippen molar-refractivity contribution in [3.05, 3.63) is 95.1 Å². The van der Waals surface area contributed by atoms with Crippen LogP contribution < -0.4 is 5.32 Å². The highest BCUT2D eigenvalue weighted by molar-refractivity contribution is 5.76. The fourth-order valence-electron chi connectivity index (χ4n) is 3.87. The lowest BCUT2D eigenvalue weighted by Gasteiger charge is -2.14. The number of hydrogen-bond donors (Lipinski definition) is 1. The largest absolute Gasteiger partial charge is 0.357 e. The fourth-order valence-corrected chi connectivity index (χ4v) is 3.87. The smallest absolute Gasteiger partial charge is 0.134 e. The van der Waals surface area contributed by atoms with Crippen molar-refractivity contribution in [2.24, 2.45) is 0 Å². The third-order valence-corrected chi connectivity index (χ3v) is 5.10. The maximum absolute atomic E-state index is 6.03. The summed E-state index contributed by atoms with van der Waals surface area (Å²) in [6.07, 6.45) is 0.998. The van der Waals surface area contributed by atoms with Gasteiger partial charge < -0.3 is 4.74 Å². The summed E-state index contributed by atoms with van der Waals surface area (Å²) in [4.78, 5) is 0. The van der Waals surface area contributed by atoms with E-state index in [-0.39, 0.29) is 12.3 Å². The summed E-state index contributed by atoms with van der Waals surface area (Å²) in [5.74, 6) is 0. The number of hydrogen-bond acceptors (Lipinski definition) is 2. The van der Waals surface area contributed by atoms with Gasteiger partial charge in [0.25, 0.3) is 0 Å². The molecule has 1 aliphatic carbocycles. The van der Waals surface area contributed by atoms with E-state index in [0.29, 0.717) is 6.61 Å². The Labute approximate surface area is 142 Å². The lowest BCUT2D eigenvalue weighted by atomic mass is 10.0. The Bertz CT molecular complexity index is 887. The summed E-state index contributed by atoms with van der Waals surface area (Å²) < 4.78 is 6.03. The molecule has 0 aromatic heterocycles. The molecule has 0 radical (unpaired) electrons. The van der Waals surface area contributed by atoms with Crippen molar-refractivity contribution in [3.8, 4) is 11.1 Å². The monoisotopic (exact) mass is 313 g/mol. The van der Waals surface area contributed by atoms with Gasteiger partial charge in [-0.25, -0.2) is 0 Å². The Morgan fingerprint density at radius 3 is 2.46 bits per heavy atom. The Hall–Kier alpha value is -2.42. The predicted octanol–water partition coefficient (Wildman–Crippen LogP) is 4.62. The standard InChI is InChI=1S/C22H19NO/c1-2-6-15(7-3-1)21-14-24-22(23-21)17-10-11-20-18(13-17)12-16-8-4-5-9-19(16)20/h1-11,13,21-23H,12,14H2/t21-,22+/m0/s1. The van der Waals surface area contributed by atoms with Gasteiger partial charge in [0.05, 0.1) is 12.6 Å². The quantitative estimate of drug-likeness (QED) is 0.583. The molecule has 0 bridgehead atoms. The van der Waals surface area contributed by atoms with Gasteiger partial charge in [0.1, 0.15) is 6.23 Å². The summed E-state index contributed by atoms with van der Waals surface area (Å²) in [5.41, 5.74) is 8.08. The second-order valence-electron chi connectivity index (χ2n) is 6.59. The fraction of sp³-hybridized carbons (Fsp3) is 0.182. The minimum absolute atomic E-state index is 0.0239. The maximum atomic E-state index is 6.03. The van der Waals surface area contributed by atoms with E-state index < -0.39 is 0 Å². The zero-order valence-electron chi connectivity index (χ0n) is 13.4. The topological polar surface area (TPSA) is 21.3 Å². The van der Waals surface area contributed by atoms with Crippen LogP contribution in [0, 0.1) is 0 Å². The molecule has 2 heteroatoms. The normalized spacial score (nSPS) is 21.5. The molecule has 1 saturated heterocycles. The Morgan fingerprint density at radius 1 is 0.750 bits per heavy atom. The highest BCUT2D eigenvalue weighted by Gasteiger charge is 2.28. The van der Waals surface area contributed by atoms with Gasteiger partial charge in [0, 0.05) is 0 Å². The molecule has 1 N–H and O–H groups in total. The third-order valence-electron chi connectivity index (χ3n) is 5.10. The molecule has 0 amide bonds. The Balaban J connectivity index is 1.41. The molecular weight excluding hydrogens is 294 g/mol. The van der Waals surface area contributed by atoms with Crippen molar-refractivity contribution >= 4 is 0 Å². The van der Waals surface area contributed by atoms with Gasteiger partial charge in [-0.2, -0.15) is 0 Å². The number of fused-ring (bicyclic) bond motifs is 3. The van der Waals surface area contributed by atoms with Gasteiger partial charge in [-0.05, 0) is 39.8 Å². The van der Waals surface area contributed by atoms with E-state index in [9.17, 15) is 0 Å². The Kier molecular flexibility index (Phi) is 3.25. The molecular formula is C22H19NO. The van der Waals surface area contributed by atoms with Gasteiger partial charge in [0.15, 0.2) is 0 Å². The lowest BCUT2D eigenvalue weighted by Crippen LogP contribution is -2.18. The van der Waals surface area contributed by atoms with E-state index in [1.807, 2.05) is 0 Å². The Morgan fingerprint density at radius 2 is 1.54 bits per heavy atom. The van der Waals surface area contributed by atoms with Crippen molar-refractivity contribution in [2.75, 3.05) is 6.61 Å². The van der Waals surface area contributed by atoms with E-state index in [4.69, 9.17) is 4.74 Å². The van der Waals surface area contributed by atoms with Crippen LogP contribution in [0.2, 0.25) is 0 Å². The van der Waals surface area contributed by atoms with Crippen molar-refractivity contribution in [1.82, 2.24) is 5.32 Å². The third kappa shape index (κ3) is 2.27. The minimum atomic E-state index is -0.0239. The minimum Gasteiger partial charge on any atom is -0.357 e. The summed E-state index contributed by atoms with van der Waals surface area (Å²) in [7, 11) is 0. The number of nitrogens with one attached hydrogen (secondary N) is 1. The molecule has 2 nitrogen and oxygen atoms in total. The molecule has 118 valence electrons. The molecule has 2 atom stereocenters. The van der Waals surface area contributed by atoms with Crippen LogP contribution in [0.3, 0.4) is 0 Å². The first kappa shape index (κ1) is 14.0. The van der Waals surface area contributed by atoms with Gasteiger partial charge in [0.2, 0.25) is 0 Å². The number of ether oxygens (including phenoxy) is 1. The zero-order valence-corrected chi connectivity index (χ0v) is 13.4. The maximum Gasteiger partial charge on any atom is 0.134 e. The summed E-state index contributed by atoms with van der Waals surface area (Å²) in [5, 5.41) is 3.61. The highest BCUT2D eigenvalue weighted by atomic mass is 16.5. The molecule has 0 unspecified atom stereocenters. The molecule has 24 heavy (non-hydrogen) atoms. The molecule has 2 aliphatic rings. The summed E-state index contributed by atoms with van der Waals surface area (Å²) >= 11 is 0. The SMILES string of the molecule is c1ccc([C@@H]2CO[C@H](c3ccc4c(c3)Cc3ccccc3-4)N2)cc1. The summed E-state index contributed by atoms with van der Waals surface area (Å²) in [6, 6.07) is 26.2. The van der Waals surface area contributed by atoms with Gasteiger partial charge in [-0.15, -0.1) is 0 Å². The number of rotatable bonds is 2. The van der Waals surface area contributed by atoms with Gasteiger partial charge in [-0.3, -0.25) is 5.32 Å². The van der Waals surface area contributed by atoms with Crippen molar-refractivity contribution in [2.45, 2.75) is 18.7 Å². The van der Waals surface area contributed by atoms with Crippen molar-refractivity contribution < 1.29 is 4.74 Å². The molecule has 0 spiro atoms. The first-order valence-corrected chi connectivity index (χ1v) is 8.52. The second-order valence-corrected chi connectivity index (χ2v) is 6.59. The van der Waals surface area contributed by atoms with Crippen LogP contribution in [0.25, 0.3) is 11.1 Å². The molecule has 1 aliphatic heterocycles. The van der Waals surface area contributed by atoms with Crippen LogP contribution in [0.5, 0.6) is 0 Å². The first-order valence-electron chi connectivity index (χ1n) is 8.52. The van der Waals surface area contributed by atoms with Crippen molar-refractivity contribution in [3.63, 3.8) is 0 Å². The molecule has 1 fully saturated rings. The van der Waals surface area contributed by atoms with Crippen LogP contribution in [-0.2, 0) is 11.2 Å². The average Bonchev–Trinajstić information content (AvgIpc) is 3.27. The molecule has 3 aromatic rings. The van der Waals surface area contributed by atoms with E-state index in [0.717, 1.165) is 6.42 Å². The van der Waals surface area contributed by atoms with Crippen LogP contribution in [0.15, 0.2) is 72.8 Å².